The second-order valence-corrected chi connectivity index (χ2v) is 6.37. The summed E-state index contributed by atoms with van der Waals surface area (Å²) in [5.41, 5.74) is 5.04. The van der Waals surface area contributed by atoms with Crippen molar-refractivity contribution in [2.45, 2.75) is 25.4 Å². The van der Waals surface area contributed by atoms with E-state index in [2.05, 4.69) is 6.07 Å². The molecule has 1 unspecified atom stereocenters. The fourth-order valence-electron chi connectivity index (χ4n) is 2.10. The summed E-state index contributed by atoms with van der Waals surface area (Å²) in [5, 5.41) is 8.85. The van der Waals surface area contributed by atoms with Crippen LogP contribution in [-0.4, -0.2) is 4.21 Å². The Balaban J connectivity index is 2.09. The van der Waals surface area contributed by atoms with Gasteiger partial charge in [0.2, 0.25) is 0 Å². The van der Waals surface area contributed by atoms with Gasteiger partial charge in [0, 0.05) is 22.3 Å². The minimum Gasteiger partial charge on any atom is -0.259 e. The van der Waals surface area contributed by atoms with Crippen LogP contribution >= 0.6 is 0 Å². The number of aryl methyl sites for hydroxylation is 2. The van der Waals surface area contributed by atoms with Crippen molar-refractivity contribution >= 4 is 10.8 Å². The van der Waals surface area contributed by atoms with Crippen molar-refractivity contribution in [2.75, 3.05) is 0 Å². The molecule has 0 saturated heterocycles. The van der Waals surface area contributed by atoms with Crippen molar-refractivity contribution in [1.82, 2.24) is 0 Å². The molecule has 0 radical (unpaired) electrons. The van der Waals surface area contributed by atoms with E-state index < -0.39 is 10.8 Å². The van der Waals surface area contributed by atoms with Crippen molar-refractivity contribution < 1.29 is 4.21 Å². The van der Waals surface area contributed by atoms with Gasteiger partial charge in [-0.05, 0) is 48.2 Å². The highest BCUT2D eigenvalue weighted by Gasteiger charge is 2.08. The quantitative estimate of drug-likeness (QED) is 0.859. The van der Waals surface area contributed by atoms with Crippen LogP contribution in [0.5, 0.6) is 0 Å². The Morgan fingerprint density at radius 2 is 1.65 bits per heavy atom. The van der Waals surface area contributed by atoms with E-state index in [0.29, 0.717) is 17.1 Å². The van der Waals surface area contributed by atoms with Gasteiger partial charge in [-0.15, -0.1) is 0 Å². The monoisotopic (exact) mass is 283 g/mol. The molecule has 1 atom stereocenters. The van der Waals surface area contributed by atoms with Crippen molar-refractivity contribution in [3.05, 3.63) is 70.3 Å². The standard InChI is InChI=1S/C17H17NOS/c1-13-5-3-4-6-16(13)11-20(19)12-17-8-7-15(10-18)9-14(17)2/h3-9H,11-12H2,1-2H3. The molecule has 0 aliphatic carbocycles. The van der Waals surface area contributed by atoms with Crippen LogP contribution in [0.4, 0.5) is 0 Å². The average molecular weight is 283 g/mol. The predicted octanol–water partition coefficient (Wildman–Crippen LogP) is 3.62. The normalized spacial score (nSPS) is 11.8. The van der Waals surface area contributed by atoms with E-state index in [-0.39, 0.29) is 0 Å². The van der Waals surface area contributed by atoms with Gasteiger partial charge in [0.25, 0.3) is 0 Å². The first kappa shape index (κ1) is 14.5. The summed E-state index contributed by atoms with van der Waals surface area (Å²) in [6, 6.07) is 15.7. The molecule has 0 heterocycles. The number of nitrogens with zero attached hydrogens (tertiary/aromatic N) is 1. The Bertz CT molecular complexity index is 686. The van der Waals surface area contributed by atoms with E-state index in [0.717, 1.165) is 16.7 Å². The second kappa shape index (κ2) is 6.49. The molecule has 3 heteroatoms. The fourth-order valence-corrected chi connectivity index (χ4v) is 3.54. The molecule has 102 valence electrons. The van der Waals surface area contributed by atoms with Crippen LogP contribution in [0.25, 0.3) is 0 Å². The lowest BCUT2D eigenvalue weighted by Gasteiger charge is -2.08. The van der Waals surface area contributed by atoms with Gasteiger partial charge < -0.3 is 0 Å². The topological polar surface area (TPSA) is 40.9 Å². The molecule has 2 aromatic carbocycles. The third kappa shape index (κ3) is 3.55. The molecular weight excluding hydrogens is 266 g/mol. The summed E-state index contributed by atoms with van der Waals surface area (Å²) >= 11 is 0. The Labute approximate surface area is 122 Å². The van der Waals surface area contributed by atoms with Gasteiger partial charge in [-0.3, -0.25) is 4.21 Å². The molecular formula is C17H17NOS. The summed E-state index contributed by atoms with van der Waals surface area (Å²) in [7, 11) is -0.934. The highest BCUT2D eigenvalue weighted by molar-refractivity contribution is 7.83. The van der Waals surface area contributed by atoms with Crippen LogP contribution < -0.4 is 0 Å². The zero-order chi connectivity index (χ0) is 14.5. The smallest absolute Gasteiger partial charge is 0.0991 e. The van der Waals surface area contributed by atoms with E-state index in [1.807, 2.05) is 50.2 Å². The lowest BCUT2D eigenvalue weighted by atomic mass is 10.1. The molecule has 0 N–H and O–H groups in total. The second-order valence-electron chi connectivity index (χ2n) is 4.91. The van der Waals surface area contributed by atoms with Gasteiger partial charge in [-0.25, -0.2) is 0 Å². The minimum absolute atomic E-state index is 0.534. The summed E-state index contributed by atoms with van der Waals surface area (Å²) in [4.78, 5) is 0. The molecule has 0 aliphatic heterocycles. The lowest BCUT2D eigenvalue weighted by Crippen LogP contribution is -2.02. The Hall–Kier alpha value is -1.92. The van der Waals surface area contributed by atoms with Gasteiger partial charge >= 0.3 is 0 Å². The van der Waals surface area contributed by atoms with Gasteiger partial charge in [0.05, 0.1) is 11.6 Å². The number of nitriles is 1. The molecule has 20 heavy (non-hydrogen) atoms. The molecule has 0 aliphatic rings. The molecule has 2 aromatic rings. The van der Waals surface area contributed by atoms with Crippen LogP contribution in [0.2, 0.25) is 0 Å². The number of hydrogen-bond acceptors (Lipinski definition) is 2. The van der Waals surface area contributed by atoms with E-state index in [9.17, 15) is 4.21 Å². The van der Waals surface area contributed by atoms with Crippen LogP contribution in [-0.2, 0) is 22.3 Å². The zero-order valence-electron chi connectivity index (χ0n) is 11.7. The maximum absolute atomic E-state index is 12.3. The van der Waals surface area contributed by atoms with Crippen molar-refractivity contribution in [1.29, 1.82) is 5.26 Å². The molecule has 2 rings (SSSR count). The third-order valence-corrected chi connectivity index (χ3v) is 4.63. The fraction of sp³-hybridized carbons (Fsp3) is 0.235. The predicted molar refractivity (Wildman–Crippen MR) is 82.6 cm³/mol. The van der Waals surface area contributed by atoms with Crippen LogP contribution in [0.3, 0.4) is 0 Å². The van der Waals surface area contributed by atoms with Gasteiger partial charge in [0.1, 0.15) is 0 Å². The van der Waals surface area contributed by atoms with E-state index in [1.54, 1.807) is 6.07 Å². The van der Waals surface area contributed by atoms with Crippen LogP contribution in [0.15, 0.2) is 42.5 Å². The first-order chi connectivity index (χ1) is 9.60. The molecule has 0 amide bonds. The first-order valence-corrected chi connectivity index (χ1v) is 7.98. The molecule has 0 saturated carbocycles. The zero-order valence-corrected chi connectivity index (χ0v) is 12.5. The van der Waals surface area contributed by atoms with Crippen molar-refractivity contribution in [3.8, 4) is 6.07 Å². The summed E-state index contributed by atoms with van der Waals surface area (Å²) in [5.74, 6) is 1.11. The van der Waals surface area contributed by atoms with Crippen LogP contribution in [0, 0.1) is 25.2 Å². The van der Waals surface area contributed by atoms with Gasteiger partial charge in [-0.1, -0.05) is 30.3 Å². The molecule has 0 fully saturated rings. The number of rotatable bonds is 4. The Morgan fingerprint density at radius 1 is 1.00 bits per heavy atom. The van der Waals surface area contributed by atoms with Gasteiger partial charge in [-0.2, -0.15) is 5.26 Å². The molecule has 0 aromatic heterocycles. The summed E-state index contributed by atoms with van der Waals surface area (Å²) in [6.45, 7) is 4.00. The van der Waals surface area contributed by atoms with Gasteiger partial charge in [0.15, 0.2) is 0 Å². The molecule has 2 nitrogen and oxygen atoms in total. The number of hydrogen-bond donors (Lipinski definition) is 0. The maximum atomic E-state index is 12.3. The number of benzene rings is 2. The van der Waals surface area contributed by atoms with Crippen LogP contribution in [0.1, 0.15) is 27.8 Å². The van der Waals surface area contributed by atoms with E-state index >= 15 is 0 Å². The van der Waals surface area contributed by atoms with E-state index in [1.165, 1.54) is 5.56 Å². The minimum atomic E-state index is -0.934. The van der Waals surface area contributed by atoms with E-state index in [4.69, 9.17) is 5.26 Å². The third-order valence-electron chi connectivity index (χ3n) is 3.37. The maximum Gasteiger partial charge on any atom is 0.0991 e. The summed E-state index contributed by atoms with van der Waals surface area (Å²) < 4.78 is 12.3. The average Bonchev–Trinajstić information content (AvgIpc) is 2.43. The highest BCUT2D eigenvalue weighted by atomic mass is 32.2. The highest BCUT2D eigenvalue weighted by Crippen LogP contribution is 2.16. The largest absolute Gasteiger partial charge is 0.259 e. The SMILES string of the molecule is Cc1ccccc1CS(=O)Cc1ccc(C#N)cc1C. The Kier molecular flexibility index (Phi) is 4.70. The summed E-state index contributed by atoms with van der Waals surface area (Å²) in [6.07, 6.45) is 0. The Morgan fingerprint density at radius 3 is 2.25 bits per heavy atom. The molecule has 0 spiro atoms. The van der Waals surface area contributed by atoms with Crippen molar-refractivity contribution in [3.63, 3.8) is 0 Å². The molecule has 0 bridgehead atoms. The lowest BCUT2D eigenvalue weighted by molar-refractivity contribution is 0.682. The van der Waals surface area contributed by atoms with Crippen molar-refractivity contribution in [2.24, 2.45) is 0 Å². The first-order valence-electron chi connectivity index (χ1n) is 6.49.